The van der Waals surface area contributed by atoms with Gasteiger partial charge >= 0.3 is 0 Å². The van der Waals surface area contributed by atoms with E-state index < -0.39 is 0 Å². The molecule has 22 heavy (non-hydrogen) atoms. The molecule has 1 aliphatic carbocycles. The van der Waals surface area contributed by atoms with E-state index in [9.17, 15) is 0 Å². The fourth-order valence-electron chi connectivity index (χ4n) is 3.93. The van der Waals surface area contributed by atoms with Gasteiger partial charge < -0.3 is 4.74 Å². The van der Waals surface area contributed by atoms with Crippen LogP contribution < -0.4 is 0 Å². The number of ether oxygens (including phenoxy) is 1. The van der Waals surface area contributed by atoms with E-state index in [2.05, 4.69) is 57.2 Å². The molecule has 1 heteroatoms. The Hall–Kier alpha value is -1.34. The Bertz CT molecular complexity index is 565. The van der Waals surface area contributed by atoms with Crippen molar-refractivity contribution in [2.24, 2.45) is 5.92 Å². The average Bonchev–Trinajstić information content (AvgIpc) is 2.55. The number of hydrogen-bond acceptors (Lipinski definition) is 1. The first-order valence-corrected chi connectivity index (χ1v) is 8.85. The Labute approximate surface area is 135 Å². The molecule has 0 bridgehead atoms. The molecule has 0 N–H and O–H groups in total. The molecule has 1 heterocycles. The number of fused-ring (bicyclic) bond motifs is 1. The maximum atomic E-state index is 6.54. The van der Waals surface area contributed by atoms with Gasteiger partial charge in [-0.2, -0.15) is 0 Å². The molecule has 0 saturated heterocycles. The predicted octanol–water partition coefficient (Wildman–Crippen LogP) is 5.77. The van der Waals surface area contributed by atoms with Crippen LogP contribution in [-0.2, 0) is 4.74 Å². The summed E-state index contributed by atoms with van der Waals surface area (Å²) in [5.74, 6) is 0.514. The zero-order chi connectivity index (χ0) is 15.5. The van der Waals surface area contributed by atoms with Gasteiger partial charge in [-0.3, -0.25) is 0 Å². The minimum atomic E-state index is 0.238. The monoisotopic (exact) mass is 296 g/mol. The predicted molar refractivity (Wildman–Crippen MR) is 93.7 cm³/mol. The normalized spacial score (nSPS) is 27.4. The lowest BCUT2D eigenvalue weighted by Gasteiger charge is -2.40. The van der Waals surface area contributed by atoms with Crippen LogP contribution in [0, 0.1) is 5.92 Å². The molecule has 3 rings (SSSR count). The Morgan fingerprint density at radius 2 is 1.95 bits per heavy atom. The summed E-state index contributed by atoms with van der Waals surface area (Å²) in [4.78, 5) is 0. The molecular formula is C21H28O. The number of rotatable bonds is 3. The van der Waals surface area contributed by atoms with Gasteiger partial charge in [0.05, 0.1) is 12.2 Å². The van der Waals surface area contributed by atoms with Crippen LogP contribution in [-0.4, -0.2) is 12.2 Å². The Morgan fingerprint density at radius 3 is 2.64 bits per heavy atom. The van der Waals surface area contributed by atoms with Crippen LogP contribution in [0.25, 0.3) is 6.08 Å². The Balaban J connectivity index is 2.07. The molecule has 1 aromatic rings. The third-order valence-corrected chi connectivity index (χ3v) is 4.99. The van der Waals surface area contributed by atoms with Crippen LogP contribution in [0.5, 0.6) is 0 Å². The molecular weight excluding hydrogens is 268 g/mol. The largest absolute Gasteiger partial charge is 0.366 e. The lowest BCUT2D eigenvalue weighted by atomic mass is 9.78. The summed E-state index contributed by atoms with van der Waals surface area (Å²) in [6.45, 7) is 6.87. The summed E-state index contributed by atoms with van der Waals surface area (Å²) in [5.41, 5.74) is 5.88. The zero-order valence-corrected chi connectivity index (χ0v) is 14.1. The van der Waals surface area contributed by atoms with Gasteiger partial charge in [-0.05, 0) is 60.0 Å². The second kappa shape index (κ2) is 6.83. The van der Waals surface area contributed by atoms with E-state index in [1.54, 1.807) is 11.1 Å². The van der Waals surface area contributed by atoms with Crippen LogP contribution in [0.4, 0.5) is 0 Å². The van der Waals surface area contributed by atoms with Crippen LogP contribution in [0.2, 0.25) is 0 Å². The minimum Gasteiger partial charge on any atom is -0.366 e. The van der Waals surface area contributed by atoms with E-state index in [1.807, 2.05) is 0 Å². The highest BCUT2D eigenvalue weighted by atomic mass is 16.5. The molecule has 2 aliphatic rings. The Kier molecular flexibility index (Phi) is 4.83. The van der Waals surface area contributed by atoms with Crippen molar-refractivity contribution < 1.29 is 4.74 Å². The summed E-state index contributed by atoms with van der Waals surface area (Å²) in [7, 11) is 0. The third kappa shape index (κ3) is 3.05. The molecule has 1 aromatic carbocycles. The average molecular weight is 296 g/mol. The topological polar surface area (TPSA) is 9.23 Å². The molecule has 0 spiro atoms. The lowest BCUT2D eigenvalue weighted by molar-refractivity contribution is -0.0151. The molecule has 1 nitrogen and oxygen atoms in total. The van der Waals surface area contributed by atoms with E-state index in [-0.39, 0.29) is 6.10 Å². The number of hydrogen-bond donors (Lipinski definition) is 0. The standard InChI is InChI=1S/C21H28O/c1-4-17-18-12-8-9-13-20(18)22-21(15(2)3)19(17)14-16-10-6-5-7-11-16/h5-7,10-11,14-15,20-21H,4,8-9,12-13H2,1-3H3/b19-14+/t20-,21-/m1/s1. The van der Waals surface area contributed by atoms with Crippen molar-refractivity contribution in [3.63, 3.8) is 0 Å². The molecule has 118 valence electrons. The molecule has 0 amide bonds. The highest BCUT2D eigenvalue weighted by molar-refractivity contribution is 5.62. The summed E-state index contributed by atoms with van der Waals surface area (Å²) in [6, 6.07) is 10.7. The summed E-state index contributed by atoms with van der Waals surface area (Å²) in [5, 5.41) is 0. The van der Waals surface area contributed by atoms with Crippen molar-refractivity contribution in [1.82, 2.24) is 0 Å². The molecule has 1 aliphatic heterocycles. The SMILES string of the molecule is CCC1=C2CCCC[C@H]2O[C@H](C(C)C)/C1=C/c1ccccc1. The van der Waals surface area contributed by atoms with Crippen LogP contribution in [0.3, 0.4) is 0 Å². The fraction of sp³-hybridized carbons (Fsp3) is 0.524. The molecule has 0 aromatic heterocycles. The van der Waals surface area contributed by atoms with E-state index in [1.165, 1.54) is 36.8 Å². The summed E-state index contributed by atoms with van der Waals surface area (Å²) in [6.07, 6.45) is 9.17. The molecule has 1 saturated carbocycles. The first kappa shape index (κ1) is 15.6. The van der Waals surface area contributed by atoms with Crippen molar-refractivity contribution in [2.45, 2.75) is 65.1 Å². The van der Waals surface area contributed by atoms with Crippen molar-refractivity contribution in [2.75, 3.05) is 0 Å². The molecule has 2 atom stereocenters. The quantitative estimate of drug-likeness (QED) is 0.687. The molecule has 0 unspecified atom stereocenters. The van der Waals surface area contributed by atoms with Gasteiger partial charge in [0, 0.05) is 0 Å². The van der Waals surface area contributed by atoms with Gasteiger partial charge in [-0.1, -0.05) is 57.5 Å². The van der Waals surface area contributed by atoms with E-state index in [0.717, 1.165) is 6.42 Å². The highest BCUT2D eigenvalue weighted by Gasteiger charge is 2.35. The van der Waals surface area contributed by atoms with Crippen molar-refractivity contribution in [3.05, 3.63) is 52.6 Å². The lowest BCUT2D eigenvalue weighted by Crippen LogP contribution is -2.37. The van der Waals surface area contributed by atoms with Crippen molar-refractivity contribution >= 4 is 6.08 Å². The number of benzene rings is 1. The smallest absolute Gasteiger partial charge is 0.0858 e. The van der Waals surface area contributed by atoms with E-state index in [4.69, 9.17) is 4.74 Å². The van der Waals surface area contributed by atoms with Gasteiger partial charge in [0.15, 0.2) is 0 Å². The Morgan fingerprint density at radius 1 is 1.18 bits per heavy atom. The molecule has 1 fully saturated rings. The van der Waals surface area contributed by atoms with E-state index in [0.29, 0.717) is 12.0 Å². The second-order valence-electron chi connectivity index (χ2n) is 6.90. The van der Waals surface area contributed by atoms with Crippen LogP contribution in [0.1, 0.15) is 58.4 Å². The maximum absolute atomic E-state index is 6.54. The summed E-state index contributed by atoms with van der Waals surface area (Å²) < 4.78 is 6.54. The van der Waals surface area contributed by atoms with Gasteiger partial charge in [0.25, 0.3) is 0 Å². The molecule has 0 radical (unpaired) electrons. The third-order valence-electron chi connectivity index (χ3n) is 4.99. The summed E-state index contributed by atoms with van der Waals surface area (Å²) >= 11 is 0. The first-order chi connectivity index (χ1) is 10.7. The fourth-order valence-corrected chi connectivity index (χ4v) is 3.93. The van der Waals surface area contributed by atoms with Gasteiger partial charge in [-0.15, -0.1) is 0 Å². The minimum absolute atomic E-state index is 0.238. The first-order valence-electron chi connectivity index (χ1n) is 8.85. The van der Waals surface area contributed by atoms with Gasteiger partial charge in [0.1, 0.15) is 0 Å². The second-order valence-corrected chi connectivity index (χ2v) is 6.90. The van der Waals surface area contributed by atoms with Crippen LogP contribution >= 0.6 is 0 Å². The zero-order valence-electron chi connectivity index (χ0n) is 14.1. The highest BCUT2D eigenvalue weighted by Crippen LogP contribution is 2.42. The van der Waals surface area contributed by atoms with Crippen molar-refractivity contribution in [3.8, 4) is 0 Å². The van der Waals surface area contributed by atoms with Gasteiger partial charge in [0.2, 0.25) is 0 Å². The van der Waals surface area contributed by atoms with Crippen molar-refractivity contribution in [1.29, 1.82) is 0 Å². The van der Waals surface area contributed by atoms with E-state index >= 15 is 0 Å². The van der Waals surface area contributed by atoms with Gasteiger partial charge in [-0.25, -0.2) is 0 Å². The maximum Gasteiger partial charge on any atom is 0.0858 e. The van der Waals surface area contributed by atoms with Crippen LogP contribution in [0.15, 0.2) is 47.1 Å².